The molecule has 1 aliphatic rings. The van der Waals surface area contributed by atoms with Gasteiger partial charge >= 0.3 is 0 Å². The second kappa shape index (κ2) is 7.14. The third-order valence-electron chi connectivity index (χ3n) is 3.93. The van der Waals surface area contributed by atoms with Crippen molar-refractivity contribution < 1.29 is 9.90 Å². The predicted octanol–water partition coefficient (Wildman–Crippen LogP) is 2.90. The van der Waals surface area contributed by atoms with E-state index in [4.69, 9.17) is 11.6 Å². The molecule has 0 bridgehead atoms. The molecule has 1 heterocycles. The van der Waals surface area contributed by atoms with Crippen LogP contribution in [0, 0.1) is 5.92 Å². The zero-order chi connectivity index (χ0) is 15.4. The van der Waals surface area contributed by atoms with Crippen molar-refractivity contribution in [2.45, 2.75) is 32.7 Å². The van der Waals surface area contributed by atoms with Gasteiger partial charge in [0.2, 0.25) is 0 Å². The van der Waals surface area contributed by atoms with Gasteiger partial charge in [-0.25, -0.2) is 0 Å². The summed E-state index contributed by atoms with van der Waals surface area (Å²) >= 11 is 5.95. The van der Waals surface area contributed by atoms with E-state index in [0.29, 0.717) is 17.5 Å². The summed E-state index contributed by atoms with van der Waals surface area (Å²) in [5.41, 5.74) is 0.278. The Bertz CT molecular complexity index is 499. The van der Waals surface area contributed by atoms with Crippen LogP contribution in [0.5, 0.6) is 5.75 Å². The molecule has 0 radical (unpaired) electrons. The van der Waals surface area contributed by atoms with Gasteiger partial charge in [-0.3, -0.25) is 4.79 Å². The van der Waals surface area contributed by atoms with E-state index < -0.39 is 0 Å². The molecule has 21 heavy (non-hydrogen) atoms. The van der Waals surface area contributed by atoms with Crippen LogP contribution in [0.2, 0.25) is 5.02 Å². The standard InChI is InChI=1S/C16H23ClN2O2/c1-11(2)19(10-12-4-3-7-18-9-12)16(21)14-8-13(17)5-6-15(14)20/h5-6,8,11-12,18,20H,3-4,7,9-10H2,1-2H3. The zero-order valence-electron chi connectivity index (χ0n) is 12.6. The second-order valence-electron chi connectivity index (χ2n) is 5.93. The van der Waals surface area contributed by atoms with Crippen molar-refractivity contribution in [2.75, 3.05) is 19.6 Å². The SMILES string of the molecule is CC(C)N(CC1CCCNC1)C(=O)c1cc(Cl)ccc1O. The number of hydrogen-bond donors (Lipinski definition) is 2. The maximum Gasteiger partial charge on any atom is 0.257 e. The molecule has 0 saturated carbocycles. The molecule has 1 aromatic carbocycles. The number of phenols is 1. The van der Waals surface area contributed by atoms with Gasteiger partial charge in [0.05, 0.1) is 5.56 Å². The molecule has 2 rings (SSSR count). The van der Waals surface area contributed by atoms with Crippen LogP contribution < -0.4 is 5.32 Å². The summed E-state index contributed by atoms with van der Waals surface area (Å²) in [5.74, 6) is 0.291. The molecular weight excluding hydrogens is 288 g/mol. The molecule has 0 aliphatic carbocycles. The van der Waals surface area contributed by atoms with Crippen LogP contribution in [0.1, 0.15) is 37.0 Å². The van der Waals surface area contributed by atoms with Gasteiger partial charge in [-0.05, 0) is 63.9 Å². The van der Waals surface area contributed by atoms with Crippen molar-refractivity contribution >= 4 is 17.5 Å². The summed E-state index contributed by atoms with van der Waals surface area (Å²) in [7, 11) is 0. The van der Waals surface area contributed by atoms with Gasteiger partial charge in [0.25, 0.3) is 5.91 Å². The van der Waals surface area contributed by atoms with E-state index in [1.165, 1.54) is 12.1 Å². The van der Waals surface area contributed by atoms with E-state index >= 15 is 0 Å². The molecule has 5 heteroatoms. The van der Waals surface area contributed by atoms with E-state index in [1.54, 1.807) is 6.07 Å². The maximum atomic E-state index is 12.7. The Balaban J connectivity index is 2.16. The first-order valence-electron chi connectivity index (χ1n) is 7.49. The largest absolute Gasteiger partial charge is 0.507 e. The second-order valence-corrected chi connectivity index (χ2v) is 6.36. The molecule has 1 atom stereocenters. The molecule has 0 aromatic heterocycles. The number of halogens is 1. The Morgan fingerprint density at radius 3 is 2.90 bits per heavy atom. The third-order valence-corrected chi connectivity index (χ3v) is 4.16. The van der Waals surface area contributed by atoms with E-state index in [9.17, 15) is 9.90 Å². The molecule has 1 amide bonds. The van der Waals surface area contributed by atoms with Gasteiger partial charge < -0.3 is 15.3 Å². The average Bonchev–Trinajstić information content (AvgIpc) is 2.47. The molecule has 0 spiro atoms. The fraction of sp³-hybridized carbons (Fsp3) is 0.562. The highest BCUT2D eigenvalue weighted by Crippen LogP contribution is 2.25. The third kappa shape index (κ3) is 4.11. The number of nitrogens with one attached hydrogen (secondary N) is 1. The molecule has 1 saturated heterocycles. The number of carbonyl (C=O) groups excluding carboxylic acids is 1. The zero-order valence-corrected chi connectivity index (χ0v) is 13.4. The lowest BCUT2D eigenvalue weighted by Crippen LogP contribution is -2.44. The van der Waals surface area contributed by atoms with Crippen LogP contribution in [0.15, 0.2) is 18.2 Å². The lowest BCUT2D eigenvalue weighted by molar-refractivity contribution is 0.0658. The number of nitrogens with zero attached hydrogens (tertiary/aromatic N) is 1. The highest BCUT2D eigenvalue weighted by atomic mass is 35.5. The number of benzene rings is 1. The number of carbonyl (C=O) groups is 1. The minimum Gasteiger partial charge on any atom is -0.507 e. The highest BCUT2D eigenvalue weighted by Gasteiger charge is 2.25. The molecule has 1 aliphatic heterocycles. The Hall–Kier alpha value is -1.26. The normalized spacial score (nSPS) is 18.8. The smallest absolute Gasteiger partial charge is 0.257 e. The van der Waals surface area contributed by atoms with E-state index in [1.807, 2.05) is 18.7 Å². The summed E-state index contributed by atoms with van der Waals surface area (Å²) in [5, 5.41) is 13.8. The molecular formula is C16H23ClN2O2. The predicted molar refractivity (Wildman–Crippen MR) is 84.9 cm³/mol. The molecule has 2 N–H and O–H groups in total. The number of amides is 1. The van der Waals surface area contributed by atoms with Gasteiger partial charge in [-0.15, -0.1) is 0 Å². The Labute approximate surface area is 131 Å². The monoisotopic (exact) mass is 310 g/mol. The van der Waals surface area contributed by atoms with Crippen LogP contribution in [0.25, 0.3) is 0 Å². The van der Waals surface area contributed by atoms with Gasteiger partial charge in [0.15, 0.2) is 0 Å². The maximum absolute atomic E-state index is 12.7. The first-order chi connectivity index (χ1) is 9.99. The van der Waals surface area contributed by atoms with Crippen LogP contribution in [-0.4, -0.2) is 41.6 Å². The molecule has 1 aromatic rings. The molecule has 4 nitrogen and oxygen atoms in total. The Morgan fingerprint density at radius 2 is 2.29 bits per heavy atom. The van der Waals surface area contributed by atoms with Gasteiger partial charge in [0, 0.05) is 17.6 Å². The van der Waals surface area contributed by atoms with Crippen molar-refractivity contribution in [2.24, 2.45) is 5.92 Å². The summed E-state index contributed by atoms with van der Waals surface area (Å²) in [6.07, 6.45) is 2.28. The topological polar surface area (TPSA) is 52.6 Å². The average molecular weight is 311 g/mol. The molecule has 116 valence electrons. The lowest BCUT2D eigenvalue weighted by Gasteiger charge is -2.33. The van der Waals surface area contributed by atoms with Crippen molar-refractivity contribution in [1.82, 2.24) is 10.2 Å². The van der Waals surface area contributed by atoms with Crippen LogP contribution in [0.3, 0.4) is 0 Å². The van der Waals surface area contributed by atoms with Crippen molar-refractivity contribution in [1.29, 1.82) is 0 Å². The number of phenolic OH excluding ortho intramolecular Hbond substituents is 1. The van der Waals surface area contributed by atoms with E-state index in [2.05, 4.69) is 5.32 Å². The summed E-state index contributed by atoms with van der Waals surface area (Å²) in [6.45, 7) is 6.69. The first-order valence-corrected chi connectivity index (χ1v) is 7.87. The summed E-state index contributed by atoms with van der Waals surface area (Å²) in [6, 6.07) is 4.67. The number of hydrogen-bond acceptors (Lipinski definition) is 3. The summed E-state index contributed by atoms with van der Waals surface area (Å²) < 4.78 is 0. The summed E-state index contributed by atoms with van der Waals surface area (Å²) in [4.78, 5) is 14.5. The van der Waals surface area contributed by atoms with Gasteiger partial charge in [-0.1, -0.05) is 11.6 Å². The Morgan fingerprint density at radius 1 is 1.52 bits per heavy atom. The van der Waals surface area contributed by atoms with Crippen LogP contribution in [0.4, 0.5) is 0 Å². The van der Waals surface area contributed by atoms with Crippen molar-refractivity contribution in [3.8, 4) is 5.75 Å². The van der Waals surface area contributed by atoms with Gasteiger partial charge in [-0.2, -0.15) is 0 Å². The molecule has 1 fully saturated rings. The van der Waals surface area contributed by atoms with Crippen LogP contribution >= 0.6 is 11.6 Å². The highest BCUT2D eigenvalue weighted by molar-refractivity contribution is 6.31. The van der Waals surface area contributed by atoms with E-state index in [-0.39, 0.29) is 23.3 Å². The minimum absolute atomic E-state index is 0.0168. The Kier molecular flexibility index (Phi) is 5.48. The van der Waals surface area contributed by atoms with Crippen molar-refractivity contribution in [3.05, 3.63) is 28.8 Å². The number of rotatable bonds is 4. The number of piperidine rings is 1. The minimum atomic E-state index is -0.157. The lowest BCUT2D eigenvalue weighted by atomic mass is 9.98. The fourth-order valence-electron chi connectivity index (χ4n) is 2.72. The molecule has 1 unspecified atom stereocenters. The first kappa shape index (κ1) is 16.1. The van der Waals surface area contributed by atoms with Gasteiger partial charge in [0.1, 0.15) is 5.75 Å². The van der Waals surface area contributed by atoms with E-state index in [0.717, 1.165) is 25.9 Å². The quantitative estimate of drug-likeness (QED) is 0.899. The fourth-order valence-corrected chi connectivity index (χ4v) is 2.89. The van der Waals surface area contributed by atoms with Crippen LogP contribution in [-0.2, 0) is 0 Å². The van der Waals surface area contributed by atoms with Crippen molar-refractivity contribution in [3.63, 3.8) is 0 Å². The number of aromatic hydroxyl groups is 1.